The second-order valence-electron chi connectivity index (χ2n) is 4.10. The van der Waals surface area contributed by atoms with E-state index in [1.54, 1.807) is 0 Å². The summed E-state index contributed by atoms with van der Waals surface area (Å²) in [7, 11) is 0. The van der Waals surface area contributed by atoms with Crippen LogP contribution in [0.25, 0.3) is 5.65 Å². The summed E-state index contributed by atoms with van der Waals surface area (Å²) in [5.74, 6) is 4.30. The van der Waals surface area contributed by atoms with Crippen LogP contribution >= 0.6 is 23.4 Å². The fourth-order valence-electron chi connectivity index (χ4n) is 2.07. The van der Waals surface area contributed by atoms with Crippen molar-refractivity contribution in [2.45, 2.75) is 12.8 Å². The number of nitrogens with zero attached hydrogens (tertiary/aromatic N) is 3. The maximum Gasteiger partial charge on any atom is 0.179 e. The highest BCUT2D eigenvalue weighted by molar-refractivity contribution is 7.99. The minimum Gasteiger partial charge on any atom is -0.285 e. The lowest BCUT2D eigenvalue weighted by Gasteiger charge is -2.05. The Hall–Kier alpha value is -0.740. The van der Waals surface area contributed by atoms with Crippen LogP contribution in [0.2, 0.25) is 5.02 Å². The molecule has 84 valence electrons. The van der Waals surface area contributed by atoms with E-state index in [1.165, 1.54) is 17.9 Å². The number of rotatable bonds is 2. The second kappa shape index (κ2) is 4.26. The van der Waals surface area contributed by atoms with Crippen LogP contribution in [0, 0.1) is 5.92 Å². The highest BCUT2D eigenvalue weighted by Crippen LogP contribution is 2.26. The van der Waals surface area contributed by atoms with Crippen LogP contribution in [0.3, 0.4) is 0 Å². The predicted octanol–water partition coefficient (Wildman–Crippen LogP) is 2.68. The van der Waals surface area contributed by atoms with E-state index in [1.807, 2.05) is 34.5 Å². The second-order valence-corrected chi connectivity index (χ2v) is 5.66. The van der Waals surface area contributed by atoms with Crippen molar-refractivity contribution in [3.8, 4) is 0 Å². The molecular formula is C11H12ClN3S. The number of hydrogen-bond donors (Lipinski definition) is 0. The Balaban J connectivity index is 1.94. The molecule has 3 nitrogen and oxygen atoms in total. The van der Waals surface area contributed by atoms with Gasteiger partial charge in [-0.1, -0.05) is 11.6 Å². The van der Waals surface area contributed by atoms with Crippen molar-refractivity contribution in [2.75, 3.05) is 11.5 Å². The first kappa shape index (κ1) is 10.4. The van der Waals surface area contributed by atoms with E-state index in [-0.39, 0.29) is 0 Å². The van der Waals surface area contributed by atoms with E-state index in [0.717, 1.165) is 23.8 Å². The highest BCUT2D eigenvalue weighted by atomic mass is 35.5. The zero-order valence-corrected chi connectivity index (χ0v) is 10.3. The molecule has 2 aromatic rings. The number of pyridine rings is 1. The van der Waals surface area contributed by atoms with Crippen LogP contribution in [0.15, 0.2) is 18.3 Å². The number of thioether (sulfide) groups is 1. The zero-order chi connectivity index (χ0) is 11.0. The van der Waals surface area contributed by atoms with Crippen LogP contribution in [0.1, 0.15) is 12.2 Å². The lowest BCUT2D eigenvalue weighted by molar-refractivity contribution is 0.572. The normalized spacial score (nSPS) is 20.7. The minimum atomic E-state index is 0.669. The summed E-state index contributed by atoms with van der Waals surface area (Å²) in [6.45, 7) is 0. The summed E-state index contributed by atoms with van der Waals surface area (Å²) in [5.41, 5.74) is 0.768. The number of halogens is 1. The lowest BCUT2D eigenvalue weighted by atomic mass is 10.1. The quantitative estimate of drug-likeness (QED) is 0.824. The molecule has 1 aliphatic heterocycles. The molecule has 1 fully saturated rings. The van der Waals surface area contributed by atoms with Gasteiger partial charge >= 0.3 is 0 Å². The van der Waals surface area contributed by atoms with Gasteiger partial charge in [0.25, 0.3) is 0 Å². The summed E-state index contributed by atoms with van der Waals surface area (Å²) in [6.07, 6.45) is 4.29. The van der Waals surface area contributed by atoms with E-state index in [9.17, 15) is 0 Å². The standard InChI is InChI=1S/C11H12ClN3S/c12-9-2-1-4-15-10(13-14-11(9)15)6-8-3-5-16-7-8/h1-2,4,8H,3,5-7H2. The maximum atomic E-state index is 6.06. The molecule has 3 heterocycles. The summed E-state index contributed by atoms with van der Waals surface area (Å²) >= 11 is 8.09. The van der Waals surface area contributed by atoms with Crippen LogP contribution in [-0.4, -0.2) is 26.1 Å². The average molecular weight is 254 g/mol. The van der Waals surface area contributed by atoms with Crippen LogP contribution in [0.5, 0.6) is 0 Å². The number of fused-ring (bicyclic) bond motifs is 1. The van der Waals surface area contributed by atoms with Crippen LogP contribution in [-0.2, 0) is 6.42 Å². The minimum absolute atomic E-state index is 0.669. The maximum absolute atomic E-state index is 6.06. The van der Waals surface area contributed by atoms with Gasteiger partial charge in [0, 0.05) is 12.6 Å². The summed E-state index contributed by atoms with van der Waals surface area (Å²) in [6, 6.07) is 3.78. The summed E-state index contributed by atoms with van der Waals surface area (Å²) < 4.78 is 2.01. The van der Waals surface area contributed by atoms with Crippen molar-refractivity contribution < 1.29 is 0 Å². The monoisotopic (exact) mass is 253 g/mol. The molecule has 3 rings (SSSR count). The summed E-state index contributed by atoms with van der Waals surface area (Å²) in [5, 5.41) is 9.04. The van der Waals surface area contributed by atoms with Crippen molar-refractivity contribution in [2.24, 2.45) is 5.92 Å². The van der Waals surface area contributed by atoms with Gasteiger partial charge in [0.2, 0.25) is 0 Å². The summed E-state index contributed by atoms with van der Waals surface area (Å²) in [4.78, 5) is 0. The topological polar surface area (TPSA) is 30.2 Å². The van der Waals surface area contributed by atoms with Gasteiger partial charge in [-0.05, 0) is 36.0 Å². The van der Waals surface area contributed by atoms with E-state index in [4.69, 9.17) is 11.6 Å². The van der Waals surface area contributed by atoms with E-state index >= 15 is 0 Å². The zero-order valence-electron chi connectivity index (χ0n) is 8.77. The van der Waals surface area contributed by atoms with Crippen molar-refractivity contribution in [3.63, 3.8) is 0 Å². The van der Waals surface area contributed by atoms with Crippen molar-refractivity contribution in [1.29, 1.82) is 0 Å². The Morgan fingerprint density at radius 1 is 1.50 bits per heavy atom. The van der Waals surface area contributed by atoms with Gasteiger partial charge in [0.05, 0.1) is 5.02 Å². The van der Waals surface area contributed by atoms with Crippen molar-refractivity contribution >= 4 is 29.0 Å². The van der Waals surface area contributed by atoms with E-state index in [0.29, 0.717) is 5.02 Å². The van der Waals surface area contributed by atoms with Crippen LogP contribution < -0.4 is 0 Å². The average Bonchev–Trinajstić information content (AvgIpc) is 2.90. The first-order valence-electron chi connectivity index (χ1n) is 5.40. The van der Waals surface area contributed by atoms with Gasteiger partial charge < -0.3 is 0 Å². The molecule has 0 radical (unpaired) electrons. The van der Waals surface area contributed by atoms with Crippen molar-refractivity contribution in [1.82, 2.24) is 14.6 Å². The first-order chi connectivity index (χ1) is 7.84. The van der Waals surface area contributed by atoms with Gasteiger partial charge in [-0.2, -0.15) is 11.8 Å². The molecule has 1 aliphatic rings. The molecule has 0 saturated carbocycles. The molecule has 0 aromatic carbocycles. The Morgan fingerprint density at radius 2 is 2.44 bits per heavy atom. The molecule has 1 saturated heterocycles. The molecule has 5 heteroatoms. The molecule has 0 aliphatic carbocycles. The molecule has 0 spiro atoms. The highest BCUT2D eigenvalue weighted by Gasteiger charge is 2.19. The van der Waals surface area contributed by atoms with Gasteiger partial charge in [0.15, 0.2) is 5.65 Å². The molecule has 1 unspecified atom stereocenters. The van der Waals surface area contributed by atoms with Crippen molar-refractivity contribution in [3.05, 3.63) is 29.2 Å². The molecule has 0 N–H and O–H groups in total. The SMILES string of the molecule is Clc1cccn2c(CC3CCSC3)nnc12. The van der Waals surface area contributed by atoms with Crippen LogP contribution in [0.4, 0.5) is 0 Å². The molecule has 16 heavy (non-hydrogen) atoms. The largest absolute Gasteiger partial charge is 0.285 e. The number of hydrogen-bond acceptors (Lipinski definition) is 3. The molecule has 0 bridgehead atoms. The molecule has 0 amide bonds. The fraction of sp³-hybridized carbons (Fsp3) is 0.455. The van der Waals surface area contributed by atoms with Gasteiger partial charge in [-0.3, -0.25) is 4.40 Å². The first-order valence-corrected chi connectivity index (χ1v) is 6.94. The third-order valence-electron chi connectivity index (χ3n) is 2.95. The third kappa shape index (κ3) is 1.80. The van der Waals surface area contributed by atoms with Gasteiger partial charge in [-0.15, -0.1) is 10.2 Å². The van der Waals surface area contributed by atoms with Gasteiger partial charge in [-0.25, -0.2) is 0 Å². The number of aromatic nitrogens is 3. The Morgan fingerprint density at radius 3 is 3.25 bits per heavy atom. The molecule has 2 aromatic heterocycles. The van der Waals surface area contributed by atoms with Gasteiger partial charge in [0.1, 0.15) is 5.82 Å². The molecule has 1 atom stereocenters. The smallest absolute Gasteiger partial charge is 0.179 e. The predicted molar refractivity (Wildman–Crippen MR) is 67.1 cm³/mol. The molecular weight excluding hydrogens is 242 g/mol. The fourth-order valence-corrected chi connectivity index (χ4v) is 3.56. The Kier molecular flexibility index (Phi) is 2.77. The lowest BCUT2D eigenvalue weighted by Crippen LogP contribution is -2.06. The van der Waals surface area contributed by atoms with E-state index in [2.05, 4.69) is 10.2 Å². The third-order valence-corrected chi connectivity index (χ3v) is 4.48. The van der Waals surface area contributed by atoms with E-state index < -0.39 is 0 Å². The Labute approximate surface area is 103 Å². The Bertz CT molecular complexity index is 505.